The maximum absolute atomic E-state index is 12.9. The van der Waals surface area contributed by atoms with Gasteiger partial charge in [-0.15, -0.1) is 11.3 Å². The van der Waals surface area contributed by atoms with Crippen LogP contribution >= 0.6 is 11.3 Å². The van der Waals surface area contributed by atoms with Crippen molar-refractivity contribution in [1.82, 2.24) is 4.98 Å². The minimum atomic E-state index is -3.64. The van der Waals surface area contributed by atoms with Gasteiger partial charge < -0.3 is 21.7 Å². The minimum Gasteiger partial charge on any atom is -0.389 e. The number of carbonyl (C=O) groups excluding carboxylic acids is 1. The van der Waals surface area contributed by atoms with Crippen molar-refractivity contribution < 1.29 is 27.6 Å². The van der Waals surface area contributed by atoms with E-state index in [4.69, 9.17) is 20.6 Å². The van der Waals surface area contributed by atoms with Gasteiger partial charge in [-0.2, -0.15) is 13.4 Å². The second-order valence-electron chi connectivity index (χ2n) is 22.7. The van der Waals surface area contributed by atoms with Crippen molar-refractivity contribution in [2.75, 3.05) is 12.9 Å². The molecule has 0 aromatic carbocycles. The Balaban J connectivity index is 0.000000164. The van der Waals surface area contributed by atoms with Crippen molar-refractivity contribution in [2.24, 2.45) is 91.4 Å². The Bertz CT molecular complexity index is 1900. The van der Waals surface area contributed by atoms with Crippen molar-refractivity contribution in [3.8, 4) is 0 Å². The summed E-state index contributed by atoms with van der Waals surface area (Å²) >= 11 is 1.50. The van der Waals surface area contributed by atoms with E-state index < -0.39 is 33.3 Å². The Morgan fingerprint density at radius 3 is 1.83 bits per heavy atom. The third-order valence-electron chi connectivity index (χ3n) is 20.1. The van der Waals surface area contributed by atoms with Gasteiger partial charge in [-0.05, 0) is 161 Å². The lowest BCUT2D eigenvalue weighted by molar-refractivity contribution is -0.208. The fraction of sp³-hybridized carbons (Fsp3) is 0.894. The molecule has 8 aliphatic rings. The summed E-state index contributed by atoms with van der Waals surface area (Å²) in [5.74, 6) is 5.07. The van der Waals surface area contributed by atoms with E-state index in [-0.39, 0.29) is 29.0 Å². The predicted octanol–water partition coefficient (Wildman–Crippen LogP) is 8.87. The molecular formula is C47H76N4O6S2. The highest BCUT2D eigenvalue weighted by molar-refractivity contribution is 7.86. The fourth-order valence-corrected chi connectivity index (χ4v) is 17.8. The zero-order chi connectivity index (χ0) is 42.6. The lowest BCUT2D eigenvalue weighted by Crippen LogP contribution is -2.62. The van der Waals surface area contributed by atoms with Crippen LogP contribution in [0.4, 0.5) is 5.13 Å². The third kappa shape index (κ3) is 7.09. The van der Waals surface area contributed by atoms with E-state index >= 15 is 0 Å². The molecule has 0 radical (unpaired) electrons. The molecule has 8 fully saturated rings. The molecule has 0 aliphatic heterocycles. The lowest BCUT2D eigenvalue weighted by atomic mass is 9.43. The number of Topliss-reactive ketones (excluding diaryl/α,β-unsaturated/α-hetero) is 1. The molecule has 8 saturated carbocycles. The Morgan fingerprint density at radius 2 is 1.29 bits per heavy atom. The van der Waals surface area contributed by atoms with E-state index in [0.717, 1.165) is 74.1 Å². The number of fused-ring (bicyclic) bond motifs is 10. The second-order valence-corrected chi connectivity index (χ2v) is 25.2. The average Bonchev–Trinajstić information content (AvgIpc) is 3.82. The van der Waals surface area contributed by atoms with Crippen LogP contribution in [0.25, 0.3) is 0 Å². The van der Waals surface area contributed by atoms with Crippen LogP contribution in [-0.2, 0) is 19.1 Å². The van der Waals surface area contributed by atoms with Gasteiger partial charge in [0, 0.05) is 28.0 Å². The Hall–Kier alpha value is -1.60. The van der Waals surface area contributed by atoms with Crippen LogP contribution in [0, 0.1) is 74.9 Å². The van der Waals surface area contributed by atoms with Crippen molar-refractivity contribution in [3.05, 3.63) is 11.1 Å². The molecular weight excluding hydrogens is 781 g/mol. The molecule has 1 heterocycles. The molecule has 332 valence electrons. The number of nitrogens with two attached hydrogens (primary N) is 2. The molecule has 0 amide bonds. The average molecular weight is 857 g/mol. The summed E-state index contributed by atoms with van der Waals surface area (Å²) < 4.78 is 27.5. The maximum Gasteiger partial charge on any atom is 0.264 e. The second kappa shape index (κ2) is 15.3. The molecule has 10 nitrogen and oxygen atoms in total. The number of hydrogen-bond donors (Lipinski definition) is 4. The number of guanidine groups is 1. The first-order valence-corrected chi connectivity index (χ1v) is 26.1. The fourth-order valence-electron chi connectivity index (χ4n) is 16.7. The molecule has 1 aromatic rings. The summed E-state index contributed by atoms with van der Waals surface area (Å²) in [6.07, 6.45) is 21.2. The molecule has 9 rings (SSSR count). The van der Waals surface area contributed by atoms with Crippen LogP contribution in [0.2, 0.25) is 0 Å². The Morgan fingerprint density at radius 1 is 0.763 bits per heavy atom. The molecule has 0 spiro atoms. The summed E-state index contributed by atoms with van der Waals surface area (Å²) in [6.45, 7) is 13.9. The van der Waals surface area contributed by atoms with E-state index in [2.05, 4.69) is 51.9 Å². The number of nitrogens with zero attached hydrogens (tertiary/aromatic N) is 2. The molecule has 0 bridgehead atoms. The predicted molar refractivity (Wildman–Crippen MR) is 234 cm³/mol. The van der Waals surface area contributed by atoms with Gasteiger partial charge in [0.1, 0.15) is 6.61 Å². The molecule has 4 unspecified atom stereocenters. The highest BCUT2D eigenvalue weighted by Crippen LogP contribution is 2.72. The van der Waals surface area contributed by atoms with E-state index in [1.54, 1.807) is 0 Å². The number of aromatic nitrogens is 1. The first kappa shape index (κ1) is 44.0. The quantitative estimate of drug-likeness (QED) is 0.124. The number of rotatable bonds is 6. The van der Waals surface area contributed by atoms with Crippen LogP contribution in [0.1, 0.15) is 169 Å². The van der Waals surface area contributed by atoms with Crippen molar-refractivity contribution >= 4 is 38.3 Å². The van der Waals surface area contributed by atoms with Gasteiger partial charge in [-0.25, -0.2) is 4.98 Å². The van der Waals surface area contributed by atoms with Crippen molar-refractivity contribution in [1.29, 1.82) is 0 Å². The zero-order valence-corrected chi connectivity index (χ0v) is 38.8. The van der Waals surface area contributed by atoms with Gasteiger partial charge in [0.05, 0.1) is 23.2 Å². The number of hydrogen-bond acceptors (Lipinski definition) is 9. The van der Waals surface area contributed by atoms with Crippen LogP contribution in [0.3, 0.4) is 0 Å². The normalized spacial score (nSPS) is 48.8. The highest BCUT2D eigenvalue weighted by atomic mass is 32.2. The number of ketones is 1. The Kier molecular flexibility index (Phi) is 11.4. The first-order chi connectivity index (χ1) is 27.6. The molecule has 16 atom stereocenters. The van der Waals surface area contributed by atoms with Crippen molar-refractivity contribution in [2.45, 2.75) is 174 Å². The lowest BCUT2D eigenvalue weighted by Gasteiger charge is -2.63. The number of aliphatic imine (C=N–C) groups is 1. The van der Waals surface area contributed by atoms with Gasteiger partial charge in [-0.3, -0.25) is 8.98 Å². The molecule has 1 aromatic heterocycles. The van der Waals surface area contributed by atoms with Gasteiger partial charge in [0.15, 0.2) is 11.7 Å². The van der Waals surface area contributed by atoms with Gasteiger partial charge in [-0.1, -0.05) is 54.4 Å². The van der Waals surface area contributed by atoms with Crippen LogP contribution in [-0.4, -0.2) is 59.4 Å². The Labute approximate surface area is 359 Å². The molecule has 59 heavy (non-hydrogen) atoms. The summed E-state index contributed by atoms with van der Waals surface area (Å²) in [7, 11) is -3.64. The summed E-state index contributed by atoms with van der Waals surface area (Å²) in [5, 5.41) is 27.1. The van der Waals surface area contributed by atoms with Crippen LogP contribution in [0.15, 0.2) is 10.4 Å². The van der Waals surface area contributed by atoms with Crippen LogP contribution < -0.4 is 11.5 Å². The van der Waals surface area contributed by atoms with Crippen molar-refractivity contribution in [3.63, 3.8) is 0 Å². The number of carbonyl (C=O) groups is 1. The molecule has 8 aliphatic carbocycles. The molecule has 0 saturated heterocycles. The van der Waals surface area contributed by atoms with E-state index in [9.17, 15) is 23.4 Å². The highest BCUT2D eigenvalue weighted by Gasteiger charge is 2.69. The van der Waals surface area contributed by atoms with Crippen LogP contribution in [0.5, 0.6) is 0 Å². The SMILES string of the molecule is C[C@H]1CC[C@]2(C)C3CC[C@]4(C)[C@@H](C(=O)COS(C)(=O)=O)CC[C@]4(O)C3CC[C@@H]2C1.C[C@H]1CC[C@]2(C)C3CC[C@]4(C)[C@@H](c5csc(N=C(N)N)n5)CC[C@]4(O)C3CC[C@@H]2C1. The smallest absolute Gasteiger partial charge is 0.264 e. The zero-order valence-electron chi connectivity index (χ0n) is 37.2. The van der Waals surface area contributed by atoms with Gasteiger partial charge >= 0.3 is 0 Å². The van der Waals surface area contributed by atoms with Gasteiger partial charge in [0.2, 0.25) is 5.13 Å². The van der Waals surface area contributed by atoms with E-state index in [1.165, 1.54) is 75.5 Å². The maximum atomic E-state index is 12.9. The van der Waals surface area contributed by atoms with E-state index in [1.807, 2.05) is 0 Å². The molecule has 6 N–H and O–H groups in total. The number of thiazole rings is 1. The first-order valence-electron chi connectivity index (χ1n) is 23.4. The summed E-state index contributed by atoms with van der Waals surface area (Å²) in [4.78, 5) is 21.8. The number of aliphatic hydroxyl groups is 2. The monoisotopic (exact) mass is 857 g/mol. The largest absolute Gasteiger partial charge is 0.389 e. The third-order valence-corrected chi connectivity index (χ3v) is 21.4. The summed E-state index contributed by atoms with van der Waals surface area (Å²) in [5.41, 5.74) is 10.9. The summed E-state index contributed by atoms with van der Waals surface area (Å²) in [6, 6.07) is 0. The van der Waals surface area contributed by atoms with E-state index in [0.29, 0.717) is 52.5 Å². The minimum absolute atomic E-state index is 0.0531. The van der Waals surface area contributed by atoms with Gasteiger partial charge in [0.25, 0.3) is 10.1 Å². The molecule has 12 heteroatoms. The topological polar surface area (TPSA) is 178 Å². The standard InChI is InChI=1S/C24H38N4OS.C23H38O5S/c1-14-6-9-22(2)15(12-14)4-5-17-16(22)7-10-23(3)18(8-11-24(17,23)29)19-13-30-21(27-19)28-20(25)26;1-15-7-10-21(2)16(13-15)5-6-18-17(21)8-11-22(3)19(9-12-23(18,22)25)20(24)14-28-29(4,26)27/h13-18,29H,4-12H2,1-3H3,(H4,25,26,27,28);15-19,25H,5-14H2,1-4H3/t14-,15+,16?,17?,18+,22-,23+,24-;15-,16+,17?,18?,19+,21-,22+,23-/m00/s1.